The van der Waals surface area contributed by atoms with Gasteiger partial charge in [0.25, 0.3) is 5.70 Å². The van der Waals surface area contributed by atoms with Crippen LogP contribution in [0.2, 0.25) is 0 Å². The lowest BCUT2D eigenvalue weighted by Crippen LogP contribution is -2.32. The summed E-state index contributed by atoms with van der Waals surface area (Å²) in [5, 5.41) is 9.23. The van der Waals surface area contributed by atoms with Crippen molar-refractivity contribution in [3.63, 3.8) is 0 Å². The van der Waals surface area contributed by atoms with Gasteiger partial charge in [-0.3, -0.25) is 0 Å². The Balaban J connectivity index is 1.41. The minimum absolute atomic E-state index is 0.137. The van der Waals surface area contributed by atoms with E-state index in [0.717, 1.165) is 24.2 Å². The van der Waals surface area contributed by atoms with Crippen LogP contribution in [0.15, 0.2) is 83.8 Å². The van der Waals surface area contributed by atoms with Gasteiger partial charge >= 0.3 is 0 Å². The van der Waals surface area contributed by atoms with Crippen LogP contribution in [0.3, 0.4) is 0 Å². The monoisotopic (exact) mass is 435 g/mol. The Kier molecular flexibility index (Phi) is 6.66. The molecule has 0 N–H and O–H groups in total. The summed E-state index contributed by atoms with van der Waals surface area (Å²) < 4.78 is 6.05. The summed E-state index contributed by atoms with van der Waals surface area (Å²) in [6.45, 7) is 13.3. The van der Waals surface area contributed by atoms with E-state index in [1.165, 1.54) is 24.1 Å². The van der Waals surface area contributed by atoms with Crippen molar-refractivity contribution in [1.29, 1.82) is 5.26 Å². The lowest BCUT2D eigenvalue weighted by atomic mass is 9.89. The highest BCUT2D eigenvalue weighted by Crippen LogP contribution is 2.33. The zero-order chi connectivity index (χ0) is 23.3. The van der Waals surface area contributed by atoms with Crippen molar-refractivity contribution in [1.82, 2.24) is 0 Å². The minimum atomic E-state index is -0.452. The number of benzene rings is 2. The average molecular weight is 436 g/mol. The topological polar surface area (TPSA) is 40.6 Å². The van der Waals surface area contributed by atoms with E-state index in [1.54, 1.807) is 0 Å². The van der Waals surface area contributed by atoms with Gasteiger partial charge in [0.1, 0.15) is 11.4 Å². The van der Waals surface area contributed by atoms with Crippen LogP contribution in [0.25, 0.3) is 10.9 Å². The number of nitrogens with zero attached hydrogens (tertiary/aromatic N) is 3. The maximum atomic E-state index is 9.23. The summed E-state index contributed by atoms with van der Waals surface area (Å²) in [5.41, 5.74) is 4.22. The Hall–Kier alpha value is -3.76. The molecule has 0 radical (unpaired) electrons. The first-order valence-corrected chi connectivity index (χ1v) is 11.5. The van der Waals surface area contributed by atoms with Gasteiger partial charge in [-0.25, -0.2) is 10.1 Å². The molecular formula is C29H29N3O. The molecular weight excluding hydrogens is 406 g/mol. The van der Waals surface area contributed by atoms with Gasteiger partial charge in [0.05, 0.1) is 12.6 Å². The number of nitriles is 1. The van der Waals surface area contributed by atoms with Crippen LogP contribution in [-0.2, 0) is 4.74 Å². The Labute approximate surface area is 196 Å². The lowest BCUT2D eigenvalue weighted by molar-refractivity contribution is 0.0356. The Morgan fingerprint density at radius 3 is 2.42 bits per heavy atom. The van der Waals surface area contributed by atoms with Crippen LogP contribution in [0.1, 0.15) is 50.2 Å². The van der Waals surface area contributed by atoms with Crippen molar-refractivity contribution in [2.75, 3.05) is 18.0 Å². The molecule has 1 fully saturated rings. The molecule has 0 spiro atoms. The van der Waals surface area contributed by atoms with Gasteiger partial charge < -0.3 is 9.64 Å². The first-order valence-electron chi connectivity index (χ1n) is 11.5. The second-order valence-electron chi connectivity index (χ2n) is 9.28. The predicted molar refractivity (Wildman–Crippen MR) is 133 cm³/mol. The summed E-state index contributed by atoms with van der Waals surface area (Å²) in [4.78, 5) is 5.83. The van der Waals surface area contributed by atoms with E-state index in [9.17, 15) is 5.26 Å². The molecule has 2 aliphatic rings. The van der Waals surface area contributed by atoms with Crippen LogP contribution in [0, 0.1) is 17.9 Å². The number of piperidine rings is 1. The molecule has 0 atom stereocenters. The minimum Gasteiger partial charge on any atom is -0.488 e. The molecule has 0 aromatic heterocycles. The molecule has 0 aliphatic carbocycles. The van der Waals surface area contributed by atoms with Crippen molar-refractivity contribution >= 4 is 11.8 Å². The molecule has 4 heteroatoms. The first kappa shape index (κ1) is 22.4. The van der Waals surface area contributed by atoms with Gasteiger partial charge in [-0.1, -0.05) is 48.5 Å². The Morgan fingerprint density at radius 2 is 1.79 bits per heavy atom. The normalized spacial score (nSPS) is 19.9. The summed E-state index contributed by atoms with van der Waals surface area (Å²) in [7, 11) is 0. The van der Waals surface area contributed by atoms with Crippen molar-refractivity contribution in [2.24, 2.45) is 0 Å². The summed E-state index contributed by atoms with van der Waals surface area (Å²) in [6.07, 6.45) is 8.64. The van der Waals surface area contributed by atoms with Gasteiger partial charge in [-0.15, -0.1) is 0 Å². The first-order chi connectivity index (χ1) is 16.0. The fraction of sp³-hybridized carbons (Fsp3) is 0.310. The quantitative estimate of drug-likeness (QED) is 0.389. The molecule has 1 saturated heterocycles. The van der Waals surface area contributed by atoms with Crippen molar-refractivity contribution in [3.05, 3.63) is 106 Å². The zero-order valence-corrected chi connectivity index (χ0v) is 19.3. The molecule has 2 aliphatic heterocycles. The molecule has 2 heterocycles. The fourth-order valence-electron chi connectivity index (χ4n) is 4.64. The fourth-order valence-corrected chi connectivity index (χ4v) is 4.64. The van der Waals surface area contributed by atoms with Gasteiger partial charge in [-0.05, 0) is 73.6 Å². The van der Waals surface area contributed by atoms with Gasteiger partial charge in [0.2, 0.25) is 0 Å². The Morgan fingerprint density at radius 1 is 1.09 bits per heavy atom. The largest absolute Gasteiger partial charge is 0.488 e. The second kappa shape index (κ2) is 9.80. The van der Waals surface area contributed by atoms with Crippen LogP contribution >= 0.6 is 0 Å². The van der Waals surface area contributed by atoms with Crippen LogP contribution in [0.5, 0.6) is 0 Å². The van der Waals surface area contributed by atoms with Gasteiger partial charge in [0, 0.05) is 25.2 Å². The molecule has 4 nitrogen and oxygen atoms in total. The molecule has 2 aromatic carbocycles. The molecule has 0 unspecified atom stereocenters. The summed E-state index contributed by atoms with van der Waals surface area (Å²) in [6, 6.07) is 21.5. The number of allylic oxidation sites excluding steroid dienone is 3. The second-order valence-corrected chi connectivity index (χ2v) is 9.28. The highest BCUT2D eigenvalue weighted by molar-refractivity contribution is 5.58. The number of hydrogen-bond donors (Lipinski definition) is 0. The third-order valence-corrected chi connectivity index (χ3v) is 6.31. The molecule has 4 rings (SSSR count). The van der Waals surface area contributed by atoms with Crippen LogP contribution < -0.4 is 4.90 Å². The van der Waals surface area contributed by atoms with Crippen LogP contribution in [-0.4, -0.2) is 18.7 Å². The predicted octanol–water partition coefficient (Wildman–Crippen LogP) is 6.86. The van der Waals surface area contributed by atoms with E-state index in [4.69, 9.17) is 11.3 Å². The summed E-state index contributed by atoms with van der Waals surface area (Å²) in [5.74, 6) is 1.32. The lowest BCUT2D eigenvalue weighted by Gasteiger charge is -2.34. The van der Waals surface area contributed by atoms with Crippen molar-refractivity contribution in [3.8, 4) is 6.07 Å². The molecule has 0 saturated carbocycles. The SMILES string of the molecule is [C-]#[N+]C(C#N)=C1C=C(C=Cc2ccc(N3CCC(c4ccccc4)CC3)cc2)OC(C)(C)C1. The average Bonchev–Trinajstić information content (AvgIpc) is 2.84. The third-order valence-electron chi connectivity index (χ3n) is 6.31. The number of ether oxygens (including phenoxy) is 1. The third kappa shape index (κ3) is 5.54. The van der Waals surface area contributed by atoms with Crippen molar-refractivity contribution in [2.45, 2.75) is 44.6 Å². The van der Waals surface area contributed by atoms with E-state index in [0.29, 0.717) is 18.1 Å². The van der Waals surface area contributed by atoms with E-state index < -0.39 is 5.60 Å². The van der Waals surface area contributed by atoms with E-state index >= 15 is 0 Å². The molecule has 166 valence electrons. The highest BCUT2D eigenvalue weighted by Gasteiger charge is 2.27. The van der Waals surface area contributed by atoms with E-state index in [2.05, 4.69) is 64.3 Å². The standard InChI is InChI=1S/C29H29N3O/c1-29(2)20-25(28(21-30)31-3)19-27(33-29)14-11-22-9-12-26(13-10-22)32-17-15-24(16-18-32)23-7-5-4-6-8-23/h4-14,19,24H,15-18,20H2,1-2H3. The maximum absolute atomic E-state index is 9.23. The smallest absolute Gasteiger partial charge is 0.265 e. The van der Waals surface area contributed by atoms with Gasteiger partial charge in [0.15, 0.2) is 0 Å². The highest BCUT2D eigenvalue weighted by atomic mass is 16.5. The molecule has 33 heavy (non-hydrogen) atoms. The Bertz CT molecular complexity index is 1130. The molecule has 2 aromatic rings. The zero-order valence-electron chi connectivity index (χ0n) is 19.3. The van der Waals surface area contributed by atoms with E-state index in [-0.39, 0.29) is 5.70 Å². The van der Waals surface area contributed by atoms with Crippen molar-refractivity contribution < 1.29 is 4.74 Å². The maximum Gasteiger partial charge on any atom is 0.265 e. The van der Waals surface area contributed by atoms with Gasteiger partial charge in [-0.2, -0.15) is 0 Å². The molecule has 0 bridgehead atoms. The van der Waals surface area contributed by atoms with E-state index in [1.807, 2.05) is 38.1 Å². The summed E-state index contributed by atoms with van der Waals surface area (Å²) >= 11 is 0. The number of rotatable bonds is 4. The number of hydrogen-bond acceptors (Lipinski definition) is 3. The van der Waals surface area contributed by atoms with Crippen LogP contribution in [0.4, 0.5) is 5.69 Å². The number of anilines is 1. The molecule has 0 amide bonds.